The molecule has 0 radical (unpaired) electrons. The van der Waals surface area contributed by atoms with Gasteiger partial charge in [0.25, 0.3) is 11.8 Å². The first-order valence-electron chi connectivity index (χ1n) is 8.35. The van der Waals surface area contributed by atoms with Crippen LogP contribution in [-0.4, -0.2) is 38.3 Å². The summed E-state index contributed by atoms with van der Waals surface area (Å²) in [6.45, 7) is 7.32. The molecule has 1 saturated heterocycles. The molecule has 3 rings (SSSR count). The topological polar surface area (TPSA) is 72.9 Å². The summed E-state index contributed by atoms with van der Waals surface area (Å²) in [4.78, 5) is 26.7. The van der Waals surface area contributed by atoms with E-state index in [9.17, 15) is 14.8 Å². The summed E-state index contributed by atoms with van der Waals surface area (Å²) in [5.41, 5.74) is -0.277. The second-order valence-corrected chi connectivity index (χ2v) is 8.38. The van der Waals surface area contributed by atoms with Gasteiger partial charge in [-0.1, -0.05) is 17.7 Å². The van der Waals surface area contributed by atoms with Crippen LogP contribution >= 0.6 is 23.8 Å². The molecule has 1 aromatic carbocycles. The van der Waals surface area contributed by atoms with Gasteiger partial charge in [-0.05, 0) is 75.8 Å². The van der Waals surface area contributed by atoms with Crippen molar-refractivity contribution in [1.82, 2.24) is 10.4 Å². The summed E-state index contributed by atoms with van der Waals surface area (Å²) < 4.78 is 0. The molecule has 0 unspecified atom stereocenters. The molecule has 8 heteroatoms. The number of hydroxylamine groups is 2. The highest BCUT2D eigenvalue weighted by molar-refractivity contribution is 7.80. The molecule has 0 spiro atoms. The Bertz CT molecular complexity index is 903. The van der Waals surface area contributed by atoms with Gasteiger partial charge in [0.15, 0.2) is 5.11 Å². The fourth-order valence-corrected chi connectivity index (χ4v) is 3.72. The molecule has 0 atom stereocenters. The first kappa shape index (κ1) is 19.7. The number of hydrogen-bond donors (Lipinski definition) is 2. The summed E-state index contributed by atoms with van der Waals surface area (Å²) in [5.74, 6) is -1.10. The van der Waals surface area contributed by atoms with Gasteiger partial charge in [0.2, 0.25) is 0 Å². The number of nitrogens with zero attached hydrogens (tertiary/aromatic N) is 2. The van der Waals surface area contributed by atoms with Crippen LogP contribution in [0.15, 0.2) is 47.6 Å². The van der Waals surface area contributed by atoms with E-state index in [0.29, 0.717) is 16.3 Å². The lowest BCUT2D eigenvalue weighted by Crippen LogP contribution is -2.54. The highest BCUT2D eigenvalue weighted by Gasteiger charge is 2.45. The van der Waals surface area contributed by atoms with Gasteiger partial charge in [0.05, 0.1) is 16.8 Å². The molecule has 2 N–H and O–H groups in total. The van der Waals surface area contributed by atoms with Gasteiger partial charge in [0, 0.05) is 5.02 Å². The molecule has 1 aromatic rings. The van der Waals surface area contributed by atoms with E-state index in [1.807, 2.05) is 33.8 Å². The van der Waals surface area contributed by atoms with Gasteiger partial charge in [-0.15, -0.1) is 0 Å². The van der Waals surface area contributed by atoms with Crippen molar-refractivity contribution >= 4 is 46.4 Å². The van der Waals surface area contributed by atoms with Gasteiger partial charge in [-0.25, -0.2) is 0 Å². The number of thiocarbonyl (C=S) groups is 1. The number of carbonyl (C=O) groups is 2. The lowest BCUT2D eigenvalue weighted by Gasteiger charge is -2.36. The van der Waals surface area contributed by atoms with E-state index in [1.54, 1.807) is 24.3 Å². The molecule has 142 valence electrons. The Labute approximate surface area is 168 Å². The molecular weight excluding hydrogens is 386 g/mol. The fourth-order valence-electron chi connectivity index (χ4n) is 3.32. The minimum absolute atomic E-state index is 0.00764. The van der Waals surface area contributed by atoms with Crippen LogP contribution < -0.4 is 10.2 Å². The standard InChI is InChI=1S/C19H20ClN3O3S/c1-18(2)10-11(19(3,4)23(18)26)9-14-15(24)21-17(27)22(16(14)25)13-7-5-12(20)6-8-13/h5-10,26H,1-4H3,(H,21,24,27)/b14-9+. The quantitative estimate of drug-likeness (QED) is 0.449. The first-order chi connectivity index (χ1) is 12.4. The summed E-state index contributed by atoms with van der Waals surface area (Å²) in [7, 11) is 0. The molecule has 2 heterocycles. The number of nitrogens with one attached hydrogen (secondary N) is 1. The molecular formula is C19H20ClN3O3S. The number of benzene rings is 1. The van der Waals surface area contributed by atoms with Crippen LogP contribution in [-0.2, 0) is 9.59 Å². The lowest BCUT2D eigenvalue weighted by molar-refractivity contribution is -0.184. The fraction of sp³-hybridized carbons (Fsp3) is 0.316. The Morgan fingerprint density at radius 1 is 1.15 bits per heavy atom. The third-order valence-electron chi connectivity index (χ3n) is 4.78. The van der Waals surface area contributed by atoms with Gasteiger partial charge in [-0.3, -0.25) is 19.8 Å². The normalized spacial score (nSPS) is 23.6. The van der Waals surface area contributed by atoms with Crippen LogP contribution in [0, 0.1) is 0 Å². The Morgan fingerprint density at radius 2 is 1.74 bits per heavy atom. The molecule has 1 fully saturated rings. The van der Waals surface area contributed by atoms with Crippen molar-refractivity contribution in [3.63, 3.8) is 0 Å². The average Bonchev–Trinajstić information content (AvgIpc) is 2.72. The monoisotopic (exact) mass is 405 g/mol. The molecule has 2 amide bonds. The summed E-state index contributed by atoms with van der Waals surface area (Å²) in [6.07, 6.45) is 3.35. The maximum atomic E-state index is 13.0. The van der Waals surface area contributed by atoms with Crippen LogP contribution in [0.25, 0.3) is 0 Å². The van der Waals surface area contributed by atoms with Gasteiger partial charge in [0.1, 0.15) is 5.57 Å². The van der Waals surface area contributed by atoms with Crippen LogP contribution in [0.1, 0.15) is 27.7 Å². The van der Waals surface area contributed by atoms with E-state index >= 15 is 0 Å². The number of halogens is 1. The Hall–Kier alpha value is -2.06. The van der Waals surface area contributed by atoms with Crippen LogP contribution in [0.3, 0.4) is 0 Å². The first-order valence-corrected chi connectivity index (χ1v) is 9.13. The van der Waals surface area contributed by atoms with E-state index in [1.165, 1.54) is 16.0 Å². The Morgan fingerprint density at radius 3 is 2.26 bits per heavy atom. The van der Waals surface area contributed by atoms with Crippen molar-refractivity contribution in [2.75, 3.05) is 4.90 Å². The number of rotatable bonds is 2. The second-order valence-electron chi connectivity index (χ2n) is 7.56. The molecule has 27 heavy (non-hydrogen) atoms. The van der Waals surface area contributed by atoms with Gasteiger partial charge in [-0.2, -0.15) is 5.06 Å². The zero-order valence-corrected chi connectivity index (χ0v) is 17.0. The largest absolute Gasteiger partial charge is 0.312 e. The van der Waals surface area contributed by atoms with Gasteiger partial charge >= 0.3 is 0 Å². The summed E-state index contributed by atoms with van der Waals surface area (Å²) >= 11 is 11.1. The Kier molecular flexibility index (Phi) is 4.76. The minimum atomic E-state index is -0.764. The summed E-state index contributed by atoms with van der Waals surface area (Å²) in [6, 6.07) is 6.58. The SMILES string of the molecule is CC1(C)C=C(/C=C2\C(=O)NC(=S)N(c3ccc(Cl)cc3)C2=O)C(C)(C)N1O. The zero-order chi connectivity index (χ0) is 20.1. The van der Waals surface area contributed by atoms with E-state index in [-0.39, 0.29) is 10.7 Å². The predicted molar refractivity (Wildman–Crippen MR) is 108 cm³/mol. The van der Waals surface area contributed by atoms with Crippen LogP contribution in [0.5, 0.6) is 0 Å². The highest BCUT2D eigenvalue weighted by Crippen LogP contribution is 2.39. The second kappa shape index (κ2) is 6.53. The average molecular weight is 406 g/mol. The van der Waals surface area contributed by atoms with Crippen LogP contribution in [0.4, 0.5) is 5.69 Å². The van der Waals surface area contributed by atoms with E-state index in [0.717, 1.165) is 0 Å². The van der Waals surface area contributed by atoms with E-state index in [4.69, 9.17) is 23.8 Å². The van der Waals surface area contributed by atoms with Crippen molar-refractivity contribution in [3.05, 3.63) is 52.6 Å². The molecule has 6 nitrogen and oxygen atoms in total. The summed E-state index contributed by atoms with van der Waals surface area (Å²) in [5, 5.41) is 14.7. The molecule has 2 aliphatic rings. The molecule has 0 bridgehead atoms. The van der Waals surface area contributed by atoms with Crippen molar-refractivity contribution in [2.24, 2.45) is 0 Å². The molecule has 0 aromatic heterocycles. The third-order valence-corrected chi connectivity index (χ3v) is 5.31. The predicted octanol–water partition coefficient (Wildman–Crippen LogP) is 3.20. The maximum absolute atomic E-state index is 13.0. The lowest BCUT2D eigenvalue weighted by atomic mass is 9.93. The third kappa shape index (κ3) is 3.32. The maximum Gasteiger partial charge on any atom is 0.270 e. The van der Waals surface area contributed by atoms with Crippen molar-refractivity contribution in [2.45, 2.75) is 38.8 Å². The number of amides is 2. The molecule has 0 saturated carbocycles. The van der Waals surface area contributed by atoms with E-state index < -0.39 is 22.9 Å². The molecule has 0 aliphatic carbocycles. The van der Waals surface area contributed by atoms with Crippen LogP contribution in [0.2, 0.25) is 5.02 Å². The zero-order valence-electron chi connectivity index (χ0n) is 15.4. The van der Waals surface area contributed by atoms with Crippen molar-refractivity contribution in [1.29, 1.82) is 0 Å². The van der Waals surface area contributed by atoms with Crippen molar-refractivity contribution < 1.29 is 14.8 Å². The number of carbonyl (C=O) groups excluding carboxylic acids is 2. The Balaban J connectivity index is 2.04. The minimum Gasteiger partial charge on any atom is -0.312 e. The van der Waals surface area contributed by atoms with Crippen molar-refractivity contribution in [3.8, 4) is 0 Å². The molecule has 2 aliphatic heterocycles. The van der Waals surface area contributed by atoms with E-state index in [2.05, 4.69) is 5.32 Å². The smallest absolute Gasteiger partial charge is 0.270 e. The van der Waals surface area contributed by atoms with Gasteiger partial charge < -0.3 is 5.21 Å². The number of anilines is 1. The number of hydrogen-bond acceptors (Lipinski definition) is 5. The highest BCUT2D eigenvalue weighted by atomic mass is 35.5.